The van der Waals surface area contributed by atoms with E-state index in [1.807, 2.05) is 0 Å². The molecule has 0 aromatic heterocycles. The maximum Gasteiger partial charge on any atom is 0.243 e. The first-order valence-corrected chi connectivity index (χ1v) is 10.6. The Morgan fingerprint density at radius 2 is 2.10 bits per heavy atom. The molecule has 1 saturated heterocycles. The number of benzene rings is 1. The van der Waals surface area contributed by atoms with Crippen molar-refractivity contribution in [3.05, 3.63) is 34.6 Å². The summed E-state index contributed by atoms with van der Waals surface area (Å²) >= 11 is 6.29. The number of carbonyl (C=O) groups is 1. The third-order valence-electron chi connectivity index (χ3n) is 5.59. The van der Waals surface area contributed by atoms with Gasteiger partial charge in [-0.2, -0.15) is 0 Å². The number of guanidine groups is 1. The average molecular weight is 553 g/mol. The van der Waals surface area contributed by atoms with Crippen LogP contribution in [0.4, 0.5) is 4.39 Å². The monoisotopic (exact) mass is 552 g/mol. The number of carbonyl (C=O) groups excluding carboxylic acids is 1. The van der Waals surface area contributed by atoms with E-state index in [1.54, 1.807) is 20.2 Å². The Morgan fingerprint density at radius 3 is 2.70 bits per heavy atom. The zero-order valence-electron chi connectivity index (χ0n) is 17.5. The Labute approximate surface area is 200 Å². The van der Waals surface area contributed by atoms with Crippen LogP contribution >= 0.6 is 35.6 Å². The van der Waals surface area contributed by atoms with Crippen LogP contribution in [0, 0.1) is 5.82 Å². The Bertz CT molecular complexity index is 753. The van der Waals surface area contributed by atoms with Crippen LogP contribution in [0.5, 0.6) is 0 Å². The Hall–Kier alpha value is -1.13. The largest absolute Gasteiger partial charge is 0.376 e. The van der Waals surface area contributed by atoms with Crippen molar-refractivity contribution in [2.45, 2.75) is 43.6 Å². The summed E-state index contributed by atoms with van der Waals surface area (Å²) < 4.78 is 19.2. The second-order valence-electron chi connectivity index (χ2n) is 8.08. The number of aliphatic imine (C=N–C) groups is 1. The van der Waals surface area contributed by atoms with Crippen molar-refractivity contribution in [2.75, 3.05) is 40.3 Å². The molecular weight excluding hydrogens is 522 g/mol. The van der Waals surface area contributed by atoms with E-state index in [4.69, 9.17) is 16.3 Å². The Kier molecular flexibility index (Phi) is 9.62. The number of hydrogen-bond donors (Lipinski definition) is 2. The zero-order valence-corrected chi connectivity index (χ0v) is 20.6. The van der Waals surface area contributed by atoms with E-state index >= 15 is 0 Å². The van der Waals surface area contributed by atoms with Gasteiger partial charge in [0.1, 0.15) is 12.4 Å². The van der Waals surface area contributed by atoms with Gasteiger partial charge in [0.05, 0.1) is 6.10 Å². The second kappa shape index (κ2) is 11.5. The number of nitrogens with one attached hydrogen (secondary N) is 2. The summed E-state index contributed by atoms with van der Waals surface area (Å²) in [6, 6.07) is 4.58. The van der Waals surface area contributed by atoms with Crippen LogP contribution in [0.2, 0.25) is 5.02 Å². The van der Waals surface area contributed by atoms with Crippen LogP contribution in [0.3, 0.4) is 0 Å². The summed E-state index contributed by atoms with van der Waals surface area (Å²) in [6.45, 7) is 2.12. The minimum atomic E-state index is -0.332. The molecule has 1 saturated carbocycles. The molecule has 1 heterocycles. The molecule has 1 aromatic rings. The van der Waals surface area contributed by atoms with Gasteiger partial charge in [0.2, 0.25) is 5.91 Å². The number of rotatable bonds is 7. The minimum absolute atomic E-state index is 0. The average Bonchev–Trinajstić information content (AvgIpc) is 3.48. The standard InChI is InChI=1S/C21H30ClFN4O2.HI/c1-27(2)19(28)13-25-20(24-12-16-5-3-4-10-29-16)26-14-21(8-9-21)17-7-6-15(23)11-18(17)22;/h6-7,11,16H,3-5,8-10,12-14H2,1-2H3,(H2,24,25,26);1H. The smallest absolute Gasteiger partial charge is 0.243 e. The van der Waals surface area contributed by atoms with Gasteiger partial charge < -0.3 is 20.3 Å². The van der Waals surface area contributed by atoms with E-state index in [1.165, 1.54) is 17.0 Å². The van der Waals surface area contributed by atoms with E-state index in [0.29, 0.717) is 24.1 Å². The van der Waals surface area contributed by atoms with Crippen LogP contribution in [0.25, 0.3) is 0 Å². The molecule has 0 radical (unpaired) electrons. The predicted molar refractivity (Wildman–Crippen MR) is 128 cm³/mol. The fourth-order valence-corrected chi connectivity index (χ4v) is 3.87. The van der Waals surface area contributed by atoms with Crippen molar-refractivity contribution < 1.29 is 13.9 Å². The molecule has 3 rings (SSSR count). The van der Waals surface area contributed by atoms with Gasteiger partial charge in [-0.25, -0.2) is 9.38 Å². The molecule has 6 nitrogen and oxygen atoms in total. The number of hydrogen-bond acceptors (Lipinski definition) is 3. The van der Waals surface area contributed by atoms with E-state index in [2.05, 4.69) is 15.6 Å². The topological polar surface area (TPSA) is 66.0 Å². The lowest BCUT2D eigenvalue weighted by Gasteiger charge is -2.25. The Morgan fingerprint density at radius 1 is 1.33 bits per heavy atom. The highest BCUT2D eigenvalue weighted by molar-refractivity contribution is 14.0. The summed E-state index contributed by atoms with van der Waals surface area (Å²) in [6.07, 6.45) is 5.39. The normalized spacial score (nSPS) is 20.1. The quantitative estimate of drug-likeness (QED) is 0.310. The number of nitrogens with zero attached hydrogens (tertiary/aromatic N) is 2. The minimum Gasteiger partial charge on any atom is -0.376 e. The van der Waals surface area contributed by atoms with Crippen LogP contribution in [-0.2, 0) is 14.9 Å². The van der Waals surface area contributed by atoms with E-state index in [-0.39, 0.29) is 53.8 Å². The molecule has 1 aliphatic heterocycles. The molecule has 30 heavy (non-hydrogen) atoms. The lowest BCUT2D eigenvalue weighted by molar-refractivity contribution is -0.127. The van der Waals surface area contributed by atoms with Gasteiger partial charge in [-0.15, -0.1) is 24.0 Å². The number of halogens is 3. The highest BCUT2D eigenvalue weighted by atomic mass is 127. The van der Waals surface area contributed by atoms with E-state index in [0.717, 1.165) is 44.3 Å². The molecule has 0 bridgehead atoms. The molecule has 1 aliphatic carbocycles. The molecule has 2 N–H and O–H groups in total. The number of ether oxygens (including phenoxy) is 1. The van der Waals surface area contributed by atoms with Gasteiger partial charge in [0.15, 0.2) is 5.96 Å². The summed E-state index contributed by atoms with van der Waals surface area (Å²) in [5.41, 5.74) is 0.826. The van der Waals surface area contributed by atoms with Gasteiger partial charge in [-0.1, -0.05) is 17.7 Å². The van der Waals surface area contributed by atoms with Crippen molar-refractivity contribution in [3.8, 4) is 0 Å². The van der Waals surface area contributed by atoms with Crippen LogP contribution in [0.15, 0.2) is 23.2 Å². The molecule has 168 valence electrons. The number of likely N-dealkylation sites (N-methyl/N-ethyl adjacent to an activating group) is 1. The summed E-state index contributed by atoms with van der Waals surface area (Å²) in [4.78, 5) is 17.9. The maximum atomic E-state index is 13.4. The first-order chi connectivity index (χ1) is 13.9. The maximum absolute atomic E-state index is 13.4. The Balaban J connectivity index is 0.00000320. The first-order valence-electron chi connectivity index (χ1n) is 10.2. The van der Waals surface area contributed by atoms with E-state index in [9.17, 15) is 9.18 Å². The predicted octanol–water partition coefficient (Wildman–Crippen LogP) is 3.32. The van der Waals surface area contributed by atoms with Crippen LogP contribution in [-0.4, -0.2) is 63.2 Å². The lowest BCUT2D eigenvalue weighted by Crippen LogP contribution is -2.45. The van der Waals surface area contributed by atoms with Crippen LogP contribution < -0.4 is 10.6 Å². The third-order valence-corrected chi connectivity index (χ3v) is 5.91. The van der Waals surface area contributed by atoms with Crippen molar-refractivity contribution in [1.29, 1.82) is 0 Å². The molecule has 1 aromatic carbocycles. The van der Waals surface area contributed by atoms with Crippen molar-refractivity contribution in [2.24, 2.45) is 4.99 Å². The molecule has 0 spiro atoms. The highest BCUT2D eigenvalue weighted by Gasteiger charge is 2.45. The molecule has 2 fully saturated rings. The summed E-state index contributed by atoms with van der Waals surface area (Å²) in [5.74, 6) is 0.183. The second-order valence-corrected chi connectivity index (χ2v) is 8.49. The lowest BCUT2D eigenvalue weighted by atomic mass is 9.96. The van der Waals surface area contributed by atoms with Gasteiger partial charge >= 0.3 is 0 Å². The fraction of sp³-hybridized carbons (Fsp3) is 0.619. The summed E-state index contributed by atoms with van der Waals surface area (Å²) in [5, 5.41) is 7.12. The molecule has 1 atom stereocenters. The van der Waals surface area contributed by atoms with Crippen LogP contribution in [0.1, 0.15) is 37.7 Å². The van der Waals surface area contributed by atoms with E-state index < -0.39 is 0 Å². The van der Waals surface area contributed by atoms with Crippen molar-refractivity contribution >= 4 is 47.4 Å². The molecular formula is C21H31ClFIN4O2. The van der Waals surface area contributed by atoms with Crippen molar-refractivity contribution in [1.82, 2.24) is 15.5 Å². The summed E-state index contributed by atoms with van der Waals surface area (Å²) in [7, 11) is 3.42. The number of amides is 1. The van der Waals surface area contributed by atoms with Gasteiger partial charge in [0.25, 0.3) is 0 Å². The molecule has 1 unspecified atom stereocenters. The zero-order chi connectivity index (χ0) is 20.9. The highest BCUT2D eigenvalue weighted by Crippen LogP contribution is 2.50. The van der Waals surface area contributed by atoms with Gasteiger partial charge in [-0.05, 0) is 49.8 Å². The third kappa shape index (κ3) is 6.95. The SMILES string of the molecule is CN(C)C(=O)CN=C(NCC1CCCCO1)NCC1(c2ccc(F)cc2Cl)CC1.I. The molecule has 2 aliphatic rings. The first kappa shape index (κ1) is 25.1. The molecule has 1 amide bonds. The van der Waals surface area contributed by atoms with Gasteiger partial charge in [0, 0.05) is 44.2 Å². The fourth-order valence-electron chi connectivity index (χ4n) is 3.51. The molecule has 9 heteroatoms. The van der Waals surface area contributed by atoms with Gasteiger partial charge in [-0.3, -0.25) is 4.79 Å². The van der Waals surface area contributed by atoms with Crippen molar-refractivity contribution in [3.63, 3.8) is 0 Å².